The molecule has 0 saturated carbocycles. The summed E-state index contributed by atoms with van der Waals surface area (Å²) in [6.45, 7) is 3.18. The molecule has 28 heavy (non-hydrogen) atoms. The topological polar surface area (TPSA) is 77.5 Å². The first-order valence-corrected chi connectivity index (χ1v) is 9.56. The van der Waals surface area contributed by atoms with Gasteiger partial charge in [0.2, 0.25) is 0 Å². The van der Waals surface area contributed by atoms with Gasteiger partial charge in [-0.25, -0.2) is 9.78 Å². The molecule has 3 aromatic rings. The minimum atomic E-state index is -0.611. The monoisotopic (exact) mass is 396 g/mol. The third-order valence-corrected chi connectivity index (χ3v) is 4.63. The number of carbonyl (C=O) groups excluding carboxylic acids is 2. The molecule has 0 aliphatic heterocycles. The van der Waals surface area contributed by atoms with Crippen LogP contribution >= 0.6 is 11.3 Å². The van der Waals surface area contributed by atoms with Gasteiger partial charge in [-0.3, -0.25) is 10.1 Å². The van der Waals surface area contributed by atoms with Gasteiger partial charge in [-0.05, 0) is 31.0 Å². The summed E-state index contributed by atoms with van der Waals surface area (Å²) < 4.78 is 10.4. The lowest BCUT2D eigenvalue weighted by Crippen LogP contribution is -2.23. The van der Waals surface area contributed by atoms with Gasteiger partial charge in [0.05, 0.1) is 5.69 Å². The third-order valence-electron chi connectivity index (χ3n) is 3.87. The van der Waals surface area contributed by atoms with E-state index >= 15 is 0 Å². The summed E-state index contributed by atoms with van der Waals surface area (Å²) >= 11 is 1.31. The Kier molecular flexibility index (Phi) is 6.39. The fourth-order valence-electron chi connectivity index (χ4n) is 2.42. The Morgan fingerprint density at radius 1 is 1.07 bits per heavy atom. The van der Waals surface area contributed by atoms with Crippen molar-refractivity contribution in [3.63, 3.8) is 0 Å². The first-order chi connectivity index (χ1) is 13.5. The molecule has 1 N–H and O–H groups in total. The van der Waals surface area contributed by atoms with Crippen molar-refractivity contribution in [1.82, 2.24) is 4.98 Å². The Bertz CT molecular complexity index is 970. The van der Waals surface area contributed by atoms with E-state index in [-0.39, 0.29) is 6.61 Å². The number of aromatic nitrogens is 1. The summed E-state index contributed by atoms with van der Waals surface area (Å²) in [5.41, 5.74) is 3.70. The van der Waals surface area contributed by atoms with Crippen LogP contribution < -0.4 is 10.1 Å². The smallest absolute Gasteiger partial charge is 0.344 e. The van der Waals surface area contributed by atoms with Gasteiger partial charge in [-0.2, -0.15) is 0 Å². The zero-order valence-corrected chi connectivity index (χ0v) is 16.4. The molecule has 6 nitrogen and oxygen atoms in total. The zero-order chi connectivity index (χ0) is 19.9. The van der Waals surface area contributed by atoms with E-state index in [9.17, 15) is 9.59 Å². The lowest BCUT2D eigenvalue weighted by atomic mass is 10.1. The van der Waals surface area contributed by atoms with Crippen LogP contribution in [0.1, 0.15) is 11.1 Å². The molecule has 2 aromatic carbocycles. The normalized spacial score (nSPS) is 10.4. The lowest BCUT2D eigenvalue weighted by molar-refractivity contribution is -0.149. The minimum absolute atomic E-state index is 0.257. The number of hydrogen-bond acceptors (Lipinski definition) is 6. The van der Waals surface area contributed by atoms with E-state index in [0.29, 0.717) is 10.9 Å². The number of nitrogens with zero attached hydrogens (tertiary/aromatic N) is 1. The number of esters is 1. The van der Waals surface area contributed by atoms with Crippen molar-refractivity contribution in [1.29, 1.82) is 0 Å². The number of aryl methyl sites for hydroxylation is 2. The number of thiazole rings is 1. The predicted molar refractivity (Wildman–Crippen MR) is 109 cm³/mol. The molecule has 1 amide bonds. The Hall–Kier alpha value is -3.19. The number of benzene rings is 2. The largest absolute Gasteiger partial charge is 0.482 e. The highest BCUT2D eigenvalue weighted by Crippen LogP contribution is 2.24. The van der Waals surface area contributed by atoms with Crippen molar-refractivity contribution in [2.45, 2.75) is 13.8 Å². The highest BCUT2D eigenvalue weighted by atomic mass is 32.1. The van der Waals surface area contributed by atoms with Gasteiger partial charge < -0.3 is 9.47 Å². The van der Waals surface area contributed by atoms with Crippen LogP contribution in [-0.2, 0) is 14.3 Å². The average Bonchev–Trinajstić information content (AvgIpc) is 3.16. The van der Waals surface area contributed by atoms with Crippen LogP contribution in [0.25, 0.3) is 11.3 Å². The van der Waals surface area contributed by atoms with Crippen LogP contribution in [0.4, 0.5) is 5.13 Å². The molecule has 0 aliphatic carbocycles. The molecule has 0 radical (unpaired) electrons. The molecule has 0 spiro atoms. The second-order valence-electron chi connectivity index (χ2n) is 6.17. The molecule has 0 aliphatic rings. The minimum Gasteiger partial charge on any atom is -0.482 e. The highest BCUT2D eigenvalue weighted by Gasteiger charge is 2.12. The number of rotatable bonds is 7. The predicted octanol–water partition coefficient (Wildman–Crippen LogP) is 3.99. The molecule has 7 heteroatoms. The molecule has 144 valence electrons. The Morgan fingerprint density at radius 3 is 2.64 bits per heavy atom. The fourth-order valence-corrected chi connectivity index (χ4v) is 3.15. The molecular weight excluding hydrogens is 376 g/mol. The molecule has 0 bridgehead atoms. The molecule has 0 unspecified atom stereocenters. The molecular formula is C21H20N2O4S. The number of nitrogens with one attached hydrogen (secondary N) is 1. The van der Waals surface area contributed by atoms with Crippen molar-refractivity contribution >= 4 is 28.3 Å². The Morgan fingerprint density at radius 2 is 1.86 bits per heavy atom. The molecule has 0 fully saturated rings. The Labute approximate surface area is 167 Å². The summed E-state index contributed by atoms with van der Waals surface area (Å²) in [4.78, 5) is 28.2. The van der Waals surface area contributed by atoms with Gasteiger partial charge in [0.15, 0.2) is 18.3 Å². The van der Waals surface area contributed by atoms with Gasteiger partial charge in [0, 0.05) is 10.9 Å². The fraction of sp³-hybridized carbons (Fsp3) is 0.190. The van der Waals surface area contributed by atoms with Gasteiger partial charge in [0.25, 0.3) is 5.91 Å². The van der Waals surface area contributed by atoms with Crippen LogP contribution in [0.15, 0.2) is 53.9 Å². The van der Waals surface area contributed by atoms with E-state index in [0.717, 1.165) is 22.4 Å². The SMILES string of the molecule is Cc1ccc(C)c(OCC(=O)OCC(=O)Nc2nc(-c3ccccc3)cs2)c1. The third kappa shape index (κ3) is 5.40. The standard InChI is InChI=1S/C21H20N2O4S/c1-14-8-9-15(2)18(10-14)26-12-20(25)27-11-19(24)23-21-22-17(13-28-21)16-6-4-3-5-7-16/h3-10,13H,11-12H2,1-2H3,(H,22,23,24). The van der Waals surface area contributed by atoms with Gasteiger partial charge in [0.1, 0.15) is 5.75 Å². The van der Waals surface area contributed by atoms with E-state index in [2.05, 4.69) is 10.3 Å². The van der Waals surface area contributed by atoms with E-state index in [1.807, 2.05) is 67.8 Å². The average molecular weight is 396 g/mol. The summed E-state index contributed by atoms with van der Waals surface area (Å²) in [5.74, 6) is -0.438. The van der Waals surface area contributed by atoms with E-state index in [1.165, 1.54) is 11.3 Å². The maximum atomic E-state index is 12.0. The van der Waals surface area contributed by atoms with Crippen LogP contribution in [0.5, 0.6) is 5.75 Å². The van der Waals surface area contributed by atoms with E-state index in [4.69, 9.17) is 9.47 Å². The first-order valence-electron chi connectivity index (χ1n) is 8.68. The summed E-state index contributed by atoms with van der Waals surface area (Å²) in [5, 5.41) is 4.93. The van der Waals surface area contributed by atoms with Gasteiger partial charge in [-0.1, -0.05) is 42.5 Å². The molecule has 0 saturated heterocycles. The second-order valence-corrected chi connectivity index (χ2v) is 7.03. The van der Waals surface area contributed by atoms with E-state index < -0.39 is 18.5 Å². The van der Waals surface area contributed by atoms with Crippen molar-refractivity contribution in [3.8, 4) is 17.0 Å². The van der Waals surface area contributed by atoms with Crippen molar-refractivity contribution in [2.24, 2.45) is 0 Å². The molecule has 0 atom stereocenters. The molecule has 3 rings (SSSR count). The lowest BCUT2D eigenvalue weighted by Gasteiger charge is -2.09. The quantitative estimate of drug-likeness (QED) is 0.611. The van der Waals surface area contributed by atoms with Crippen molar-refractivity contribution < 1.29 is 19.1 Å². The van der Waals surface area contributed by atoms with Crippen molar-refractivity contribution in [3.05, 3.63) is 65.0 Å². The van der Waals surface area contributed by atoms with Gasteiger partial charge in [-0.15, -0.1) is 11.3 Å². The zero-order valence-electron chi connectivity index (χ0n) is 15.6. The number of carbonyl (C=O) groups is 2. The maximum absolute atomic E-state index is 12.0. The molecule has 1 aromatic heterocycles. The second kappa shape index (κ2) is 9.14. The van der Waals surface area contributed by atoms with Crippen molar-refractivity contribution in [2.75, 3.05) is 18.5 Å². The van der Waals surface area contributed by atoms with Crippen LogP contribution in [0, 0.1) is 13.8 Å². The first kappa shape index (κ1) is 19.6. The van der Waals surface area contributed by atoms with Gasteiger partial charge >= 0.3 is 5.97 Å². The number of ether oxygens (including phenoxy) is 2. The van der Waals surface area contributed by atoms with Crippen LogP contribution in [0.3, 0.4) is 0 Å². The van der Waals surface area contributed by atoms with E-state index in [1.54, 1.807) is 0 Å². The summed E-state index contributed by atoms with van der Waals surface area (Å²) in [7, 11) is 0. The molecule has 1 heterocycles. The number of amides is 1. The summed E-state index contributed by atoms with van der Waals surface area (Å²) in [6.07, 6.45) is 0. The number of anilines is 1. The highest BCUT2D eigenvalue weighted by molar-refractivity contribution is 7.14. The summed E-state index contributed by atoms with van der Waals surface area (Å²) in [6, 6.07) is 15.4. The maximum Gasteiger partial charge on any atom is 0.344 e. The Balaban J connectivity index is 1.45. The van der Waals surface area contributed by atoms with Crippen LogP contribution in [0.2, 0.25) is 0 Å². The van der Waals surface area contributed by atoms with Crippen LogP contribution in [-0.4, -0.2) is 30.1 Å². The number of hydrogen-bond donors (Lipinski definition) is 1.